The fourth-order valence-electron chi connectivity index (χ4n) is 7.69. The van der Waals surface area contributed by atoms with Crippen molar-refractivity contribution < 1.29 is 28.6 Å². The van der Waals surface area contributed by atoms with E-state index in [1.165, 1.54) is 180 Å². The van der Waals surface area contributed by atoms with E-state index in [4.69, 9.17) is 14.2 Å². The number of carbonyl (C=O) groups is 3. The fourth-order valence-corrected chi connectivity index (χ4v) is 7.69. The normalized spacial score (nSPS) is 11.9. The third-order valence-corrected chi connectivity index (χ3v) is 11.5. The molecule has 0 aliphatic heterocycles. The van der Waals surface area contributed by atoms with Gasteiger partial charge in [-0.15, -0.1) is 0 Å². The average molecular weight is 807 g/mol. The minimum Gasteiger partial charge on any atom is -0.462 e. The molecular weight excluding hydrogens is 709 g/mol. The SMILES string of the molecule is CCCCCCCCCCCCCCCCCCC(=O)OC[C@H](COC(=O)CCCCCCCCCCCCC(C)C)OC(=O)CCCCCCCCCCCC. The van der Waals surface area contributed by atoms with Gasteiger partial charge in [0.25, 0.3) is 0 Å². The summed E-state index contributed by atoms with van der Waals surface area (Å²) in [6, 6.07) is 0. The molecule has 0 rings (SSSR count). The molecule has 0 bridgehead atoms. The van der Waals surface area contributed by atoms with Crippen LogP contribution in [0.3, 0.4) is 0 Å². The molecule has 0 N–H and O–H groups in total. The summed E-state index contributed by atoms with van der Waals surface area (Å²) >= 11 is 0. The predicted molar refractivity (Wildman–Crippen MR) is 243 cm³/mol. The van der Waals surface area contributed by atoms with Crippen LogP contribution in [0.15, 0.2) is 0 Å². The zero-order chi connectivity index (χ0) is 41.7. The zero-order valence-corrected chi connectivity index (χ0v) is 38.8. The van der Waals surface area contributed by atoms with Crippen LogP contribution < -0.4 is 0 Å². The van der Waals surface area contributed by atoms with Crippen LogP contribution >= 0.6 is 0 Å². The van der Waals surface area contributed by atoms with Gasteiger partial charge < -0.3 is 14.2 Å². The maximum Gasteiger partial charge on any atom is 0.306 e. The number of rotatable bonds is 46. The molecule has 6 heteroatoms. The first-order chi connectivity index (χ1) is 27.9. The monoisotopic (exact) mass is 807 g/mol. The smallest absolute Gasteiger partial charge is 0.306 e. The Morgan fingerprint density at radius 3 is 0.860 bits per heavy atom. The Bertz CT molecular complexity index is 857. The van der Waals surface area contributed by atoms with Crippen molar-refractivity contribution >= 4 is 17.9 Å². The first kappa shape index (κ1) is 55.4. The molecule has 338 valence electrons. The second-order valence-corrected chi connectivity index (χ2v) is 17.9. The van der Waals surface area contributed by atoms with Gasteiger partial charge >= 0.3 is 17.9 Å². The lowest BCUT2D eigenvalue weighted by atomic mass is 10.0. The van der Waals surface area contributed by atoms with Crippen LogP contribution in [0.2, 0.25) is 0 Å². The molecule has 0 spiro atoms. The number of ether oxygens (including phenoxy) is 3. The Balaban J connectivity index is 4.27. The van der Waals surface area contributed by atoms with Gasteiger partial charge in [0.2, 0.25) is 0 Å². The van der Waals surface area contributed by atoms with E-state index >= 15 is 0 Å². The summed E-state index contributed by atoms with van der Waals surface area (Å²) in [6.45, 7) is 9.00. The predicted octanol–water partition coefficient (Wildman–Crippen LogP) is 16.3. The highest BCUT2D eigenvalue weighted by Gasteiger charge is 2.19. The average Bonchev–Trinajstić information content (AvgIpc) is 3.19. The Kier molecular flexibility index (Phi) is 44.2. The maximum absolute atomic E-state index is 12.7. The summed E-state index contributed by atoms with van der Waals surface area (Å²) in [6.07, 6.45) is 46.6. The van der Waals surface area contributed by atoms with Crippen LogP contribution in [0.4, 0.5) is 0 Å². The van der Waals surface area contributed by atoms with E-state index in [2.05, 4.69) is 27.7 Å². The van der Waals surface area contributed by atoms with Gasteiger partial charge in [0, 0.05) is 19.3 Å². The van der Waals surface area contributed by atoms with Crippen LogP contribution in [-0.4, -0.2) is 37.2 Å². The largest absolute Gasteiger partial charge is 0.462 e. The zero-order valence-electron chi connectivity index (χ0n) is 38.8. The van der Waals surface area contributed by atoms with Gasteiger partial charge in [-0.2, -0.15) is 0 Å². The highest BCUT2D eigenvalue weighted by molar-refractivity contribution is 5.71. The van der Waals surface area contributed by atoms with Gasteiger partial charge in [-0.1, -0.05) is 246 Å². The summed E-state index contributed by atoms with van der Waals surface area (Å²) in [5, 5.41) is 0. The highest BCUT2D eigenvalue weighted by atomic mass is 16.6. The summed E-state index contributed by atoms with van der Waals surface area (Å²) in [5.74, 6) is -0.0292. The van der Waals surface area contributed by atoms with Crippen LogP contribution in [0.1, 0.15) is 285 Å². The van der Waals surface area contributed by atoms with E-state index in [0.29, 0.717) is 19.3 Å². The van der Waals surface area contributed by atoms with Crippen LogP contribution in [0, 0.1) is 5.92 Å². The Morgan fingerprint density at radius 1 is 0.333 bits per heavy atom. The molecule has 0 aromatic heterocycles. The van der Waals surface area contributed by atoms with E-state index in [0.717, 1.165) is 63.7 Å². The van der Waals surface area contributed by atoms with Crippen molar-refractivity contribution in [1.82, 2.24) is 0 Å². The molecule has 0 saturated heterocycles. The molecule has 0 fully saturated rings. The molecule has 0 aromatic rings. The van der Waals surface area contributed by atoms with Gasteiger partial charge in [-0.3, -0.25) is 14.4 Å². The van der Waals surface area contributed by atoms with Gasteiger partial charge in [0.05, 0.1) is 0 Å². The van der Waals surface area contributed by atoms with Crippen molar-refractivity contribution in [3.05, 3.63) is 0 Å². The van der Waals surface area contributed by atoms with Crippen molar-refractivity contribution in [1.29, 1.82) is 0 Å². The van der Waals surface area contributed by atoms with E-state index < -0.39 is 6.10 Å². The third-order valence-electron chi connectivity index (χ3n) is 11.5. The van der Waals surface area contributed by atoms with E-state index in [1.807, 2.05) is 0 Å². The molecular formula is C51H98O6. The minimum atomic E-state index is -0.760. The molecule has 0 amide bonds. The fraction of sp³-hybridized carbons (Fsp3) is 0.941. The van der Waals surface area contributed by atoms with Gasteiger partial charge in [0.15, 0.2) is 6.10 Å². The number of esters is 3. The Labute approximate surface area is 355 Å². The van der Waals surface area contributed by atoms with Crippen molar-refractivity contribution in [3.8, 4) is 0 Å². The van der Waals surface area contributed by atoms with Crippen molar-refractivity contribution in [3.63, 3.8) is 0 Å². The quantitative estimate of drug-likeness (QED) is 0.0346. The lowest BCUT2D eigenvalue weighted by Gasteiger charge is -2.18. The highest BCUT2D eigenvalue weighted by Crippen LogP contribution is 2.17. The number of hydrogen-bond donors (Lipinski definition) is 0. The first-order valence-electron chi connectivity index (χ1n) is 25.4. The van der Waals surface area contributed by atoms with Gasteiger partial charge in [-0.25, -0.2) is 0 Å². The van der Waals surface area contributed by atoms with E-state index in [-0.39, 0.29) is 31.1 Å². The maximum atomic E-state index is 12.7. The van der Waals surface area contributed by atoms with Crippen LogP contribution in [0.25, 0.3) is 0 Å². The summed E-state index contributed by atoms with van der Waals surface area (Å²) < 4.78 is 16.8. The molecule has 0 unspecified atom stereocenters. The minimum absolute atomic E-state index is 0.0630. The summed E-state index contributed by atoms with van der Waals surface area (Å²) in [7, 11) is 0. The molecule has 6 nitrogen and oxygen atoms in total. The Morgan fingerprint density at radius 2 is 0.579 bits per heavy atom. The standard InChI is InChI=1S/C51H98O6/c1-5-7-9-11-13-15-17-18-19-20-21-22-27-30-34-38-42-49(52)55-45-48(57-51(54)44-40-36-32-26-16-14-12-10-8-6-2)46-56-50(53)43-39-35-31-28-24-23-25-29-33-37-41-47(3)4/h47-48H,5-46H2,1-4H3/t48-/m1/s1. The number of carbonyl (C=O) groups excluding carboxylic acids is 3. The molecule has 0 radical (unpaired) electrons. The van der Waals surface area contributed by atoms with Crippen LogP contribution in [0.5, 0.6) is 0 Å². The second kappa shape index (κ2) is 45.5. The van der Waals surface area contributed by atoms with E-state index in [1.54, 1.807) is 0 Å². The molecule has 0 heterocycles. The van der Waals surface area contributed by atoms with Crippen molar-refractivity contribution in [2.24, 2.45) is 5.92 Å². The lowest BCUT2D eigenvalue weighted by Crippen LogP contribution is -2.30. The lowest BCUT2D eigenvalue weighted by molar-refractivity contribution is -0.167. The first-order valence-corrected chi connectivity index (χ1v) is 25.4. The van der Waals surface area contributed by atoms with Crippen molar-refractivity contribution in [2.45, 2.75) is 291 Å². The van der Waals surface area contributed by atoms with Gasteiger partial charge in [0.1, 0.15) is 13.2 Å². The molecule has 0 aliphatic carbocycles. The second-order valence-electron chi connectivity index (χ2n) is 17.9. The molecule has 57 heavy (non-hydrogen) atoms. The Hall–Kier alpha value is -1.59. The number of unbranched alkanes of at least 4 members (excludes halogenated alkanes) is 33. The van der Waals surface area contributed by atoms with Crippen molar-refractivity contribution in [2.75, 3.05) is 13.2 Å². The topological polar surface area (TPSA) is 78.9 Å². The van der Waals surface area contributed by atoms with E-state index in [9.17, 15) is 14.4 Å². The summed E-state index contributed by atoms with van der Waals surface area (Å²) in [4.78, 5) is 37.8. The van der Waals surface area contributed by atoms with Gasteiger partial charge in [-0.05, 0) is 25.2 Å². The molecule has 1 atom stereocenters. The number of hydrogen-bond acceptors (Lipinski definition) is 6. The molecule has 0 aliphatic rings. The van der Waals surface area contributed by atoms with Crippen LogP contribution in [-0.2, 0) is 28.6 Å². The third kappa shape index (κ3) is 45.3. The molecule has 0 aromatic carbocycles. The summed E-state index contributed by atoms with van der Waals surface area (Å²) in [5.41, 5.74) is 0. The molecule has 0 saturated carbocycles.